The fourth-order valence-corrected chi connectivity index (χ4v) is 1.80. The summed E-state index contributed by atoms with van der Waals surface area (Å²) in [7, 11) is 0. The van der Waals surface area contributed by atoms with Crippen molar-refractivity contribution in [3.63, 3.8) is 0 Å². The Morgan fingerprint density at radius 2 is 2.25 bits per heavy atom. The molecule has 5 nitrogen and oxygen atoms in total. The molecule has 1 aromatic heterocycles. The first kappa shape index (κ1) is 10.8. The van der Waals surface area contributed by atoms with E-state index in [9.17, 15) is 0 Å². The number of anilines is 1. The molecule has 5 heteroatoms. The molecular formula is C11H15N5. The van der Waals surface area contributed by atoms with Crippen LogP contribution in [-0.2, 0) is 0 Å². The van der Waals surface area contributed by atoms with Crippen molar-refractivity contribution in [1.29, 1.82) is 5.26 Å². The molecule has 0 atom stereocenters. The number of rotatable bonds is 1. The molecule has 1 saturated heterocycles. The first-order valence-corrected chi connectivity index (χ1v) is 5.51. The van der Waals surface area contributed by atoms with Gasteiger partial charge in [-0.05, 0) is 26.0 Å². The highest BCUT2D eigenvalue weighted by molar-refractivity contribution is 5.36. The minimum Gasteiger partial charge on any atom is -0.339 e. The average Bonchev–Trinajstić information content (AvgIpc) is 2.56. The standard InChI is InChI=1S/C11H15N5/c1-9-7-10(8-12)15-11(14-9)16-5-2-3-13-4-6-16/h7,13H,2-6H2,1H3. The van der Waals surface area contributed by atoms with E-state index in [1.165, 1.54) is 0 Å². The molecule has 1 aliphatic heterocycles. The van der Waals surface area contributed by atoms with Gasteiger partial charge in [0.1, 0.15) is 11.8 Å². The summed E-state index contributed by atoms with van der Waals surface area (Å²) in [5.74, 6) is 0.681. The van der Waals surface area contributed by atoms with Crippen LogP contribution < -0.4 is 10.2 Å². The summed E-state index contributed by atoms with van der Waals surface area (Å²) >= 11 is 0. The molecule has 1 fully saturated rings. The van der Waals surface area contributed by atoms with E-state index in [1.807, 2.05) is 6.92 Å². The lowest BCUT2D eigenvalue weighted by atomic mass is 10.3. The molecule has 1 aliphatic rings. The van der Waals surface area contributed by atoms with Crippen LogP contribution in [0.3, 0.4) is 0 Å². The number of nitrogens with zero attached hydrogens (tertiary/aromatic N) is 4. The van der Waals surface area contributed by atoms with Gasteiger partial charge < -0.3 is 10.2 Å². The minimum atomic E-state index is 0.444. The zero-order valence-electron chi connectivity index (χ0n) is 9.40. The van der Waals surface area contributed by atoms with Gasteiger partial charge in [0.2, 0.25) is 5.95 Å². The molecule has 16 heavy (non-hydrogen) atoms. The summed E-state index contributed by atoms with van der Waals surface area (Å²) in [6.07, 6.45) is 1.08. The Labute approximate surface area is 95.1 Å². The van der Waals surface area contributed by atoms with Gasteiger partial charge in [0.15, 0.2) is 0 Å². The second-order valence-corrected chi connectivity index (χ2v) is 3.90. The summed E-state index contributed by atoms with van der Waals surface area (Å²) in [6.45, 7) is 5.71. The molecule has 2 heterocycles. The quantitative estimate of drug-likeness (QED) is 0.740. The number of nitriles is 1. The van der Waals surface area contributed by atoms with Gasteiger partial charge in [-0.15, -0.1) is 0 Å². The van der Waals surface area contributed by atoms with Crippen LogP contribution in [0.2, 0.25) is 0 Å². The SMILES string of the molecule is Cc1cc(C#N)nc(N2CCCNCC2)n1. The van der Waals surface area contributed by atoms with Crippen LogP contribution in [0.1, 0.15) is 17.8 Å². The maximum atomic E-state index is 8.87. The van der Waals surface area contributed by atoms with E-state index in [0.29, 0.717) is 11.6 Å². The van der Waals surface area contributed by atoms with Crippen LogP contribution in [0.25, 0.3) is 0 Å². The van der Waals surface area contributed by atoms with Crippen molar-refractivity contribution >= 4 is 5.95 Å². The van der Waals surface area contributed by atoms with Gasteiger partial charge in [-0.1, -0.05) is 0 Å². The Morgan fingerprint density at radius 1 is 1.38 bits per heavy atom. The van der Waals surface area contributed by atoms with Gasteiger partial charge in [0.25, 0.3) is 0 Å². The molecular weight excluding hydrogens is 202 g/mol. The van der Waals surface area contributed by atoms with E-state index in [0.717, 1.165) is 38.3 Å². The van der Waals surface area contributed by atoms with Gasteiger partial charge >= 0.3 is 0 Å². The molecule has 0 unspecified atom stereocenters. The maximum Gasteiger partial charge on any atom is 0.226 e. The number of aromatic nitrogens is 2. The third kappa shape index (κ3) is 2.47. The fourth-order valence-electron chi connectivity index (χ4n) is 1.80. The fraction of sp³-hybridized carbons (Fsp3) is 0.545. The molecule has 0 amide bonds. The predicted octanol–water partition coefficient (Wildman–Crippen LogP) is 0.456. The third-order valence-corrected chi connectivity index (χ3v) is 2.58. The normalized spacial score (nSPS) is 16.6. The molecule has 0 spiro atoms. The highest BCUT2D eigenvalue weighted by Gasteiger charge is 2.13. The van der Waals surface area contributed by atoms with Crippen LogP contribution in [0.5, 0.6) is 0 Å². The Bertz CT molecular complexity index is 401. The lowest BCUT2D eigenvalue weighted by Gasteiger charge is -2.19. The average molecular weight is 217 g/mol. The van der Waals surface area contributed by atoms with E-state index in [1.54, 1.807) is 6.07 Å². The summed E-state index contributed by atoms with van der Waals surface area (Å²) < 4.78 is 0. The van der Waals surface area contributed by atoms with Crippen molar-refractivity contribution in [3.8, 4) is 6.07 Å². The smallest absolute Gasteiger partial charge is 0.226 e. The van der Waals surface area contributed by atoms with E-state index in [-0.39, 0.29) is 0 Å². The van der Waals surface area contributed by atoms with Crippen molar-refractivity contribution in [2.75, 3.05) is 31.1 Å². The summed E-state index contributed by atoms with van der Waals surface area (Å²) in [5.41, 5.74) is 1.29. The van der Waals surface area contributed by atoms with Crippen molar-refractivity contribution in [1.82, 2.24) is 15.3 Å². The van der Waals surface area contributed by atoms with Crippen LogP contribution in [0, 0.1) is 18.3 Å². The molecule has 1 N–H and O–H groups in total. The molecule has 84 valence electrons. The zero-order valence-corrected chi connectivity index (χ0v) is 9.40. The van der Waals surface area contributed by atoms with Gasteiger partial charge in [0.05, 0.1) is 0 Å². The summed E-state index contributed by atoms with van der Waals surface area (Å²) in [4.78, 5) is 10.8. The first-order chi connectivity index (χ1) is 7.79. The molecule has 0 aromatic carbocycles. The van der Waals surface area contributed by atoms with E-state index >= 15 is 0 Å². The van der Waals surface area contributed by atoms with Crippen molar-refractivity contribution in [3.05, 3.63) is 17.5 Å². The van der Waals surface area contributed by atoms with Gasteiger partial charge in [0, 0.05) is 25.3 Å². The van der Waals surface area contributed by atoms with Gasteiger partial charge in [-0.25, -0.2) is 9.97 Å². The maximum absolute atomic E-state index is 8.87. The Morgan fingerprint density at radius 3 is 3.06 bits per heavy atom. The molecule has 1 aromatic rings. The monoisotopic (exact) mass is 217 g/mol. The zero-order chi connectivity index (χ0) is 11.4. The molecule has 2 rings (SSSR count). The topological polar surface area (TPSA) is 64.8 Å². The molecule has 0 bridgehead atoms. The minimum absolute atomic E-state index is 0.444. The van der Waals surface area contributed by atoms with Crippen molar-refractivity contribution < 1.29 is 0 Å². The van der Waals surface area contributed by atoms with Crippen LogP contribution in [0.4, 0.5) is 5.95 Å². The summed E-state index contributed by atoms with van der Waals surface area (Å²) in [6, 6.07) is 3.78. The Hall–Kier alpha value is -1.67. The van der Waals surface area contributed by atoms with Crippen LogP contribution >= 0.6 is 0 Å². The second kappa shape index (κ2) is 4.90. The van der Waals surface area contributed by atoms with E-state index < -0.39 is 0 Å². The first-order valence-electron chi connectivity index (χ1n) is 5.51. The molecule has 0 radical (unpaired) electrons. The summed E-state index contributed by atoms with van der Waals surface area (Å²) in [5, 5.41) is 12.2. The van der Waals surface area contributed by atoms with Crippen LogP contribution in [0.15, 0.2) is 6.07 Å². The van der Waals surface area contributed by atoms with Gasteiger partial charge in [-0.2, -0.15) is 5.26 Å². The highest BCUT2D eigenvalue weighted by atomic mass is 15.3. The van der Waals surface area contributed by atoms with Gasteiger partial charge in [-0.3, -0.25) is 0 Å². The number of hydrogen-bond donors (Lipinski definition) is 1. The predicted molar refractivity (Wildman–Crippen MR) is 61.2 cm³/mol. The largest absolute Gasteiger partial charge is 0.339 e. The number of nitrogens with one attached hydrogen (secondary N) is 1. The van der Waals surface area contributed by atoms with Crippen molar-refractivity contribution in [2.24, 2.45) is 0 Å². The van der Waals surface area contributed by atoms with Crippen molar-refractivity contribution in [2.45, 2.75) is 13.3 Å². The Kier molecular flexibility index (Phi) is 3.32. The molecule has 0 aliphatic carbocycles. The second-order valence-electron chi connectivity index (χ2n) is 3.90. The Balaban J connectivity index is 2.24. The lowest BCUT2D eigenvalue weighted by Crippen LogP contribution is -2.29. The van der Waals surface area contributed by atoms with E-state index in [4.69, 9.17) is 5.26 Å². The number of hydrogen-bond acceptors (Lipinski definition) is 5. The third-order valence-electron chi connectivity index (χ3n) is 2.58. The highest BCUT2D eigenvalue weighted by Crippen LogP contribution is 2.11. The molecule has 0 saturated carbocycles. The van der Waals surface area contributed by atoms with E-state index in [2.05, 4.69) is 26.3 Å². The lowest BCUT2D eigenvalue weighted by molar-refractivity contribution is 0.724. The van der Waals surface area contributed by atoms with Crippen LogP contribution in [-0.4, -0.2) is 36.1 Å². The number of aryl methyl sites for hydroxylation is 1.